The Morgan fingerprint density at radius 1 is 1.32 bits per heavy atom. The number of carbonyl (C=O) groups is 1. The Labute approximate surface area is 115 Å². The molecule has 19 heavy (non-hydrogen) atoms. The maximum Gasteiger partial charge on any atom is 0.232 e. The smallest absolute Gasteiger partial charge is 0.232 e. The van der Waals surface area contributed by atoms with Crippen LogP contribution < -0.4 is 5.32 Å². The molecule has 108 valence electrons. The normalized spacial score (nSPS) is 36.9. The second-order valence-corrected chi connectivity index (χ2v) is 6.27. The highest BCUT2D eigenvalue weighted by Crippen LogP contribution is 2.39. The number of rotatable bonds is 1. The summed E-state index contributed by atoms with van der Waals surface area (Å²) in [5.41, 5.74) is -0.277. The molecule has 2 atom stereocenters. The van der Waals surface area contributed by atoms with E-state index in [-0.39, 0.29) is 5.41 Å². The number of carbonyl (C=O) groups excluding carboxylic acids is 1. The van der Waals surface area contributed by atoms with Crippen molar-refractivity contribution < 1.29 is 9.53 Å². The first-order chi connectivity index (χ1) is 9.22. The maximum atomic E-state index is 13.0. The van der Waals surface area contributed by atoms with Crippen LogP contribution in [0.1, 0.15) is 12.8 Å². The number of hydrogen-bond acceptors (Lipinski definition) is 4. The fourth-order valence-electron chi connectivity index (χ4n) is 3.71. The third-order valence-electron chi connectivity index (χ3n) is 5.02. The molecule has 1 amide bonds. The van der Waals surface area contributed by atoms with Crippen LogP contribution in [-0.2, 0) is 9.53 Å². The predicted octanol–water partition coefficient (Wildman–Crippen LogP) is -0.223. The number of amides is 1. The zero-order valence-corrected chi connectivity index (χ0v) is 11.9. The number of ether oxygens (including phenoxy) is 1. The summed E-state index contributed by atoms with van der Waals surface area (Å²) in [6.07, 6.45) is 2.10. The average molecular weight is 267 g/mol. The molecule has 0 unspecified atom stereocenters. The molecule has 0 aromatic heterocycles. The number of nitrogens with one attached hydrogen (secondary N) is 1. The Hall–Kier alpha value is -0.650. The fraction of sp³-hybridized carbons (Fsp3) is 0.929. The van der Waals surface area contributed by atoms with E-state index in [2.05, 4.69) is 22.2 Å². The topological polar surface area (TPSA) is 44.8 Å². The molecule has 3 heterocycles. The molecule has 3 aliphatic rings. The lowest BCUT2D eigenvalue weighted by Gasteiger charge is -2.40. The van der Waals surface area contributed by atoms with E-state index in [0.717, 1.165) is 58.7 Å². The molecule has 0 radical (unpaired) electrons. The van der Waals surface area contributed by atoms with Gasteiger partial charge in [0.1, 0.15) is 0 Å². The zero-order chi connectivity index (χ0) is 13.3. The van der Waals surface area contributed by atoms with Crippen LogP contribution in [0, 0.1) is 11.3 Å². The van der Waals surface area contributed by atoms with Crippen molar-refractivity contribution in [1.29, 1.82) is 0 Å². The number of fused-ring (bicyclic) bond motifs is 1. The molecule has 0 aromatic rings. The van der Waals surface area contributed by atoms with Crippen LogP contribution in [0.2, 0.25) is 0 Å². The summed E-state index contributed by atoms with van der Waals surface area (Å²) in [6.45, 7) is 7.03. The van der Waals surface area contributed by atoms with E-state index in [1.807, 2.05) is 0 Å². The van der Waals surface area contributed by atoms with Crippen LogP contribution in [0.5, 0.6) is 0 Å². The Balaban J connectivity index is 1.74. The van der Waals surface area contributed by atoms with Crippen molar-refractivity contribution in [1.82, 2.24) is 15.1 Å². The quantitative estimate of drug-likeness (QED) is 0.713. The summed E-state index contributed by atoms with van der Waals surface area (Å²) in [7, 11) is 2.13. The maximum absolute atomic E-state index is 13.0. The van der Waals surface area contributed by atoms with Gasteiger partial charge in [-0.15, -0.1) is 0 Å². The minimum absolute atomic E-state index is 0.277. The van der Waals surface area contributed by atoms with Crippen LogP contribution in [-0.4, -0.2) is 75.2 Å². The van der Waals surface area contributed by atoms with Crippen molar-refractivity contribution in [3.8, 4) is 0 Å². The summed E-state index contributed by atoms with van der Waals surface area (Å²) in [5.74, 6) is 0.798. The van der Waals surface area contributed by atoms with Crippen LogP contribution in [0.4, 0.5) is 0 Å². The molecule has 5 heteroatoms. The van der Waals surface area contributed by atoms with Gasteiger partial charge in [-0.25, -0.2) is 0 Å². The highest BCUT2D eigenvalue weighted by molar-refractivity contribution is 5.84. The van der Waals surface area contributed by atoms with Gasteiger partial charge in [-0.2, -0.15) is 0 Å². The zero-order valence-electron chi connectivity index (χ0n) is 11.9. The van der Waals surface area contributed by atoms with E-state index in [1.54, 1.807) is 0 Å². The highest BCUT2D eigenvalue weighted by atomic mass is 16.5. The molecular formula is C14H25N3O2. The van der Waals surface area contributed by atoms with Gasteiger partial charge >= 0.3 is 0 Å². The van der Waals surface area contributed by atoms with Crippen molar-refractivity contribution in [3.05, 3.63) is 0 Å². The molecule has 1 N–H and O–H groups in total. The molecule has 3 fully saturated rings. The summed E-state index contributed by atoms with van der Waals surface area (Å²) >= 11 is 0. The third-order valence-corrected chi connectivity index (χ3v) is 5.02. The molecule has 0 saturated carbocycles. The van der Waals surface area contributed by atoms with Gasteiger partial charge in [0.25, 0.3) is 0 Å². The summed E-state index contributed by atoms with van der Waals surface area (Å²) < 4.78 is 5.65. The van der Waals surface area contributed by atoms with Gasteiger partial charge in [0.05, 0.1) is 12.0 Å². The fourth-order valence-corrected chi connectivity index (χ4v) is 3.71. The largest absolute Gasteiger partial charge is 0.380 e. The lowest BCUT2D eigenvalue weighted by Crippen LogP contribution is -2.53. The summed E-state index contributed by atoms with van der Waals surface area (Å²) in [5, 5.41) is 3.41. The first-order valence-electron chi connectivity index (χ1n) is 7.49. The van der Waals surface area contributed by atoms with Gasteiger partial charge in [0.15, 0.2) is 0 Å². The second kappa shape index (κ2) is 5.38. The summed E-state index contributed by atoms with van der Waals surface area (Å²) in [6, 6.07) is 0. The van der Waals surface area contributed by atoms with E-state index in [1.165, 1.54) is 0 Å². The minimum Gasteiger partial charge on any atom is -0.380 e. The van der Waals surface area contributed by atoms with E-state index in [4.69, 9.17) is 4.74 Å². The molecule has 3 saturated heterocycles. The average Bonchev–Trinajstić information content (AvgIpc) is 2.75. The molecule has 0 aromatic carbocycles. The molecular weight excluding hydrogens is 242 g/mol. The third kappa shape index (κ3) is 2.39. The Morgan fingerprint density at radius 3 is 3.11 bits per heavy atom. The molecule has 0 spiro atoms. The Morgan fingerprint density at radius 2 is 2.21 bits per heavy atom. The van der Waals surface area contributed by atoms with Crippen molar-refractivity contribution >= 4 is 5.91 Å². The molecule has 0 aliphatic carbocycles. The Kier molecular flexibility index (Phi) is 3.78. The van der Waals surface area contributed by atoms with Crippen molar-refractivity contribution in [3.63, 3.8) is 0 Å². The lowest BCUT2D eigenvalue weighted by molar-refractivity contribution is -0.152. The Bertz CT molecular complexity index is 350. The monoisotopic (exact) mass is 267 g/mol. The van der Waals surface area contributed by atoms with Gasteiger partial charge in [0.2, 0.25) is 5.91 Å². The van der Waals surface area contributed by atoms with Crippen LogP contribution in [0.25, 0.3) is 0 Å². The lowest BCUT2D eigenvalue weighted by atomic mass is 9.74. The first-order valence-corrected chi connectivity index (χ1v) is 7.49. The molecule has 5 nitrogen and oxygen atoms in total. The van der Waals surface area contributed by atoms with Crippen molar-refractivity contribution in [2.45, 2.75) is 12.8 Å². The summed E-state index contributed by atoms with van der Waals surface area (Å²) in [4.78, 5) is 17.4. The van der Waals surface area contributed by atoms with E-state index < -0.39 is 0 Å². The number of likely N-dealkylation sites (N-methyl/N-ethyl adjacent to an activating group) is 1. The minimum atomic E-state index is -0.277. The first kappa shape index (κ1) is 13.3. The number of hydrogen-bond donors (Lipinski definition) is 1. The van der Waals surface area contributed by atoms with Gasteiger partial charge in [0, 0.05) is 32.8 Å². The standard InChI is InChI=1S/C14H25N3O2/c1-16-4-2-5-17(7-6-16)13(18)14-10-15-9-12(14)3-8-19-11-14/h12,15H,2-11H2,1H3/t12-,14+/m1/s1. The predicted molar refractivity (Wildman–Crippen MR) is 72.9 cm³/mol. The van der Waals surface area contributed by atoms with Crippen molar-refractivity contribution in [2.75, 3.05) is 59.5 Å². The number of nitrogens with zero attached hydrogens (tertiary/aromatic N) is 2. The molecule has 3 aliphatic heterocycles. The second-order valence-electron chi connectivity index (χ2n) is 6.27. The van der Waals surface area contributed by atoms with Gasteiger partial charge in [-0.1, -0.05) is 0 Å². The van der Waals surface area contributed by atoms with Gasteiger partial charge in [-0.3, -0.25) is 4.79 Å². The van der Waals surface area contributed by atoms with Gasteiger partial charge < -0.3 is 19.9 Å². The highest BCUT2D eigenvalue weighted by Gasteiger charge is 2.52. The molecule has 3 rings (SSSR count). The van der Waals surface area contributed by atoms with E-state index in [0.29, 0.717) is 18.4 Å². The van der Waals surface area contributed by atoms with Crippen molar-refractivity contribution in [2.24, 2.45) is 11.3 Å². The van der Waals surface area contributed by atoms with E-state index in [9.17, 15) is 4.79 Å². The SMILES string of the molecule is CN1CCCN(C(=O)[C@]23CNC[C@H]2CCOC3)CC1. The van der Waals surface area contributed by atoms with Crippen LogP contribution >= 0.6 is 0 Å². The molecule has 0 bridgehead atoms. The van der Waals surface area contributed by atoms with Crippen LogP contribution in [0.15, 0.2) is 0 Å². The van der Waals surface area contributed by atoms with Gasteiger partial charge in [-0.05, 0) is 38.9 Å². The van der Waals surface area contributed by atoms with E-state index >= 15 is 0 Å². The van der Waals surface area contributed by atoms with Crippen LogP contribution in [0.3, 0.4) is 0 Å².